The number of aromatic nitrogens is 3. The quantitative estimate of drug-likeness (QED) is 0.464. The van der Waals surface area contributed by atoms with E-state index >= 15 is 0 Å². The van der Waals surface area contributed by atoms with E-state index in [9.17, 15) is 0 Å². The third-order valence-corrected chi connectivity index (χ3v) is 4.58. The molecule has 0 aliphatic rings. The molecule has 4 rings (SSSR count). The molecule has 0 saturated heterocycles. The van der Waals surface area contributed by atoms with E-state index in [-0.39, 0.29) is 0 Å². The molecule has 3 aromatic heterocycles. The van der Waals surface area contributed by atoms with Gasteiger partial charge < -0.3 is 9.15 Å². The Morgan fingerprint density at radius 3 is 2.73 bits per heavy atom. The molecule has 4 aromatic rings. The van der Waals surface area contributed by atoms with Gasteiger partial charge in [-0.1, -0.05) is 29.3 Å². The molecule has 0 saturated carbocycles. The summed E-state index contributed by atoms with van der Waals surface area (Å²) in [5.41, 5.74) is 3.67. The van der Waals surface area contributed by atoms with E-state index in [0.29, 0.717) is 33.9 Å². The lowest BCUT2D eigenvalue weighted by Gasteiger charge is -2.03. The molecule has 7 heteroatoms. The number of hydrogen-bond acceptors (Lipinski definition) is 4. The van der Waals surface area contributed by atoms with Crippen molar-refractivity contribution in [3.05, 3.63) is 69.8 Å². The van der Waals surface area contributed by atoms with E-state index < -0.39 is 0 Å². The van der Waals surface area contributed by atoms with Crippen molar-refractivity contribution in [2.75, 3.05) is 0 Å². The first-order chi connectivity index (χ1) is 12.5. The predicted molar refractivity (Wildman–Crippen MR) is 101 cm³/mol. The highest BCUT2D eigenvalue weighted by Gasteiger charge is 2.22. The molecule has 0 aliphatic carbocycles. The number of pyridine rings is 1. The fourth-order valence-electron chi connectivity index (χ4n) is 2.86. The molecule has 0 unspecified atom stereocenters. The van der Waals surface area contributed by atoms with Crippen molar-refractivity contribution in [3.8, 4) is 17.0 Å². The maximum Gasteiger partial charge on any atom is 0.266 e. The SMILES string of the molecule is Cc1nn2c(-c3ccc(Cl)cc3Cl)c(C)oc2c1OCc1ccccn1. The fraction of sp³-hybridized carbons (Fsp3) is 0.158. The molecule has 26 heavy (non-hydrogen) atoms. The number of halogens is 2. The summed E-state index contributed by atoms with van der Waals surface area (Å²) in [6.45, 7) is 4.07. The van der Waals surface area contributed by atoms with Gasteiger partial charge in [0.05, 0.1) is 10.7 Å². The van der Waals surface area contributed by atoms with Crippen LogP contribution in [0.15, 0.2) is 47.0 Å². The Labute approximate surface area is 160 Å². The number of fused-ring (bicyclic) bond motifs is 1. The molecule has 1 aromatic carbocycles. The summed E-state index contributed by atoms with van der Waals surface area (Å²) in [4.78, 5) is 4.27. The summed E-state index contributed by atoms with van der Waals surface area (Å²) >= 11 is 12.4. The largest absolute Gasteiger partial charge is 0.480 e. The normalized spacial score (nSPS) is 11.2. The molecular formula is C19H15Cl2N3O2. The van der Waals surface area contributed by atoms with E-state index in [2.05, 4.69) is 10.1 Å². The van der Waals surface area contributed by atoms with Crippen LogP contribution in [0, 0.1) is 13.8 Å². The molecule has 132 valence electrons. The monoisotopic (exact) mass is 387 g/mol. The molecule has 3 heterocycles. The van der Waals surface area contributed by atoms with E-state index in [0.717, 1.165) is 22.6 Å². The summed E-state index contributed by atoms with van der Waals surface area (Å²) in [6.07, 6.45) is 1.73. The van der Waals surface area contributed by atoms with E-state index in [1.54, 1.807) is 22.8 Å². The summed E-state index contributed by atoms with van der Waals surface area (Å²) in [6, 6.07) is 11.0. The van der Waals surface area contributed by atoms with Crippen molar-refractivity contribution in [3.63, 3.8) is 0 Å². The van der Waals surface area contributed by atoms with Gasteiger partial charge in [0.15, 0.2) is 0 Å². The average Bonchev–Trinajstić information content (AvgIpc) is 3.08. The molecule has 5 nitrogen and oxygen atoms in total. The highest BCUT2D eigenvalue weighted by Crippen LogP contribution is 2.37. The van der Waals surface area contributed by atoms with Crippen LogP contribution in [0.4, 0.5) is 0 Å². The molecule has 0 amide bonds. The van der Waals surface area contributed by atoms with Crippen LogP contribution in [-0.4, -0.2) is 14.6 Å². The number of benzene rings is 1. The summed E-state index contributed by atoms with van der Waals surface area (Å²) in [5, 5.41) is 5.68. The maximum atomic E-state index is 6.37. The second-order valence-electron chi connectivity index (χ2n) is 5.87. The van der Waals surface area contributed by atoms with Gasteiger partial charge in [-0.15, -0.1) is 0 Å². The Morgan fingerprint density at radius 2 is 2.00 bits per heavy atom. The van der Waals surface area contributed by atoms with Crippen molar-refractivity contribution < 1.29 is 9.15 Å². The van der Waals surface area contributed by atoms with Crippen molar-refractivity contribution >= 4 is 28.9 Å². The lowest BCUT2D eigenvalue weighted by Crippen LogP contribution is -1.97. The molecule has 0 atom stereocenters. The highest BCUT2D eigenvalue weighted by molar-refractivity contribution is 6.36. The minimum atomic E-state index is 0.333. The number of aryl methyl sites for hydroxylation is 2. The molecular weight excluding hydrogens is 373 g/mol. The van der Waals surface area contributed by atoms with Gasteiger partial charge in [-0.2, -0.15) is 9.61 Å². The van der Waals surface area contributed by atoms with Crippen LogP contribution in [-0.2, 0) is 6.61 Å². The van der Waals surface area contributed by atoms with Gasteiger partial charge in [0.1, 0.15) is 23.8 Å². The van der Waals surface area contributed by atoms with Crippen LogP contribution in [0.3, 0.4) is 0 Å². The first kappa shape index (κ1) is 16.9. The van der Waals surface area contributed by atoms with E-state index in [4.69, 9.17) is 32.4 Å². The van der Waals surface area contributed by atoms with Gasteiger partial charge in [0.25, 0.3) is 5.71 Å². The fourth-order valence-corrected chi connectivity index (χ4v) is 3.35. The number of hydrogen-bond donors (Lipinski definition) is 0. The van der Waals surface area contributed by atoms with Crippen molar-refractivity contribution in [1.29, 1.82) is 0 Å². The maximum absolute atomic E-state index is 6.37. The summed E-state index contributed by atoms with van der Waals surface area (Å²) in [7, 11) is 0. The zero-order valence-corrected chi connectivity index (χ0v) is 15.7. The van der Waals surface area contributed by atoms with E-state index in [1.165, 1.54) is 0 Å². The first-order valence-electron chi connectivity index (χ1n) is 8.01. The highest BCUT2D eigenvalue weighted by atomic mass is 35.5. The van der Waals surface area contributed by atoms with Gasteiger partial charge >= 0.3 is 0 Å². The van der Waals surface area contributed by atoms with Crippen molar-refractivity contribution in [1.82, 2.24) is 14.6 Å². The molecule has 0 spiro atoms. The van der Waals surface area contributed by atoms with Gasteiger partial charge in [-0.3, -0.25) is 4.98 Å². The standard InChI is InChI=1S/C19H15Cl2N3O2/c1-11-18(25-10-14-5-3-4-8-22-14)19-24(23-11)17(12(2)26-19)15-7-6-13(20)9-16(15)21/h3-9H,10H2,1-2H3. The first-order valence-corrected chi connectivity index (χ1v) is 8.77. The molecule has 0 bridgehead atoms. The average molecular weight is 388 g/mol. The number of nitrogens with zero attached hydrogens (tertiary/aromatic N) is 3. The lowest BCUT2D eigenvalue weighted by molar-refractivity contribution is 0.298. The van der Waals surface area contributed by atoms with Crippen LogP contribution in [0.25, 0.3) is 17.0 Å². The van der Waals surface area contributed by atoms with Gasteiger partial charge in [-0.25, -0.2) is 0 Å². The number of oxazole rings is 1. The van der Waals surface area contributed by atoms with Gasteiger partial charge in [0, 0.05) is 16.8 Å². The Morgan fingerprint density at radius 1 is 1.15 bits per heavy atom. The third kappa shape index (κ3) is 2.93. The summed E-state index contributed by atoms with van der Waals surface area (Å²) in [5.74, 6) is 1.29. The second-order valence-corrected chi connectivity index (χ2v) is 6.72. The van der Waals surface area contributed by atoms with E-state index in [1.807, 2.05) is 38.1 Å². The second kappa shape index (κ2) is 6.67. The molecule has 0 fully saturated rings. The van der Waals surface area contributed by atoms with Crippen LogP contribution >= 0.6 is 23.2 Å². The Kier molecular flexibility index (Phi) is 4.34. The van der Waals surface area contributed by atoms with Crippen LogP contribution in [0.5, 0.6) is 5.75 Å². The number of ether oxygens (including phenoxy) is 1. The minimum absolute atomic E-state index is 0.333. The third-order valence-electron chi connectivity index (χ3n) is 4.04. The molecule has 0 aliphatic heterocycles. The Balaban J connectivity index is 1.77. The lowest BCUT2D eigenvalue weighted by atomic mass is 10.1. The Hall–Kier alpha value is -2.50. The number of rotatable bonds is 4. The zero-order chi connectivity index (χ0) is 18.3. The van der Waals surface area contributed by atoms with Crippen LogP contribution in [0.2, 0.25) is 10.0 Å². The smallest absolute Gasteiger partial charge is 0.266 e. The van der Waals surface area contributed by atoms with Gasteiger partial charge in [-0.05, 0) is 44.2 Å². The van der Waals surface area contributed by atoms with Gasteiger partial charge in [0.2, 0.25) is 5.75 Å². The molecule has 0 radical (unpaired) electrons. The van der Waals surface area contributed by atoms with Crippen LogP contribution < -0.4 is 4.74 Å². The minimum Gasteiger partial charge on any atom is -0.480 e. The van der Waals surface area contributed by atoms with Crippen LogP contribution in [0.1, 0.15) is 17.1 Å². The van der Waals surface area contributed by atoms with Crippen molar-refractivity contribution in [2.24, 2.45) is 0 Å². The van der Waals surface area contributed by atoms with Crippen molar-refractivity contribution in [2.45, 2.75) is 20.5 Å². The predicted octanol–water partition coefficient (Wildman–Crippen LogP) is 5.49. The molecule has 0 N–H and O–H groups in total. The summed E-state index contributed by atoms with van der Waals surface area (Å²) < 4.78 is 13.6. The zero-order valence-electron chi connectivity index (χ0n) is 14.2. The topological polar surface area (TPSA) is 52.6 Å². The Bertz CT molecular complexity index is 1090.